The van der Waals surface area contributed by atoms with E-state index in [1.165, 1.54) is 0 Å². The smallest absolute Gasteiger partial charge is 0.235 e. The van der Waals surface area contributed by atoms with E-state index in [2.05, 4.69) is 5.32 Å². The highest BCUT2D eigenvalue weighted by Crippen LogP contribution is 2.24. The van der Waals surface area contributed by atoms with E-state index in [4.69, 9.17) is 5.73 Å². The molecule has 3 N–H and O–H groups in total. The van der Waals surface area contributed by atoms with Crippen LogP contribution in [-0.2, 0) is 14.6 Å². The molecule has 1 aliphatic carbocycles. The van der Waals surface area contributed by atoms with Crippen molar-refractivity contribution in [3.8, 4) is 0 Å². The van der Waals surface area contributed by atoms with Crippen LogP contribution >= 0.6 is 12.4 Å². The van der Waals surface area contributed by atoms with E-state index in [-0.39, 0.29) is 30.1 Å². The van der Waals surface area contributed by atoms with Crippen LogP contribution in [-0.4, -0.2) is 38.4 Å². The van der Waals surface area contributed by atoms with Crippen LogP contribution in [0.25, 0.3) is 0 Å². The van der Waals surface area contributed by atoms with Gasteiger partial charge in [0.15, 0.2) is 9.84 Å². The van der Waals surface area contributed by atoms with Crippen LogP contribution in [0.2, 0.25) is 0 Å². The Bertz CT molecular complexity index is 359. The lowest BCUT2D eigenvalue weighted by Gasteiger charge is -2.19. The summed E-state index contributed by atoms with van der Waals surface area (Å²) >= 11 is 0. The Morgan fingerprint density at radius 1 is 1.39 bits per heavy atom. The second-order valence-corrected chi connectivity index (χ2v) is 6.88. The number of hydrogen-bond acceptors (Lipinski definition) is 4. The van der Waals surface area contributed by atoms with Crippen LogP contribution in [0.1, 0.15) is 32.6 Å². The zero-order valence-corrected chi connectivity index (χ0v) is 12.4. The lowest BCUT2D eigenvalue weighted by atomic mass is 10.0. The number of nitrogens with one attached hydrogen (secondary N) is 1. The Labute approximate surface area is 115 Å². The summed E-state index contributed by atoms with van der Waals surface area (Å²) in [4.78, 5) is 11.6. The topological polar surface area (TPSA) is 89.3 Å². The number of amides is 1. The quantitative estimate of drug-likeness (QED) is 0.746. The maximum absolute atomic E-state index is 11.6. The van der Waals surface area contributed by atoms with Crippen molar-refractivity contribution in [1.82, 2.24) is 5.32 Å². The number of carbonyl (C=O) groups excluding carboxylic acids is 1. The van der Waals surface area contributed by atoms with Crippen molar-refractivity contribution in [2.45, 2.75) is 38.6 Å². The predicted molar refractivity (Wildman–Crippen MR) is 74.5 cm³/mol. The first-order valence-electron chi connectivity index (χ1n) is 6.18. The zero-order chi connectivity index (χ0) is 12.9. The van der Waals surface area contributed by atoms with Crippen LogP contribution < -0.4 is 11.1 Å². The van der Waals surface area contributed by atoms with Crippen molar-refractivity contribution in [2.75, 3.05) is 18.1 Å². The fourth-order valence-corrected chi connectivity index (χ4v) is 3.59. The molecule has 0 heterocycles. The van der Waals surface area contributed by atoms with Gasteiger partial charge in [-0.15, -0.1) is 12.4 Å². The molecule has 108 valence electrons. The van der Waals surface area contributed by atoms with Crippen LogP contribution in [0.3, 0.4) is 0 Å². The van der Waals surface area contributed by atoms with Crippen molar-refractivity contribution in [2.24, 2.45) is 11.7 Å². The molecule has 0 aromatic carbocycles. The van der Waals surface area contributed by atoms with Gasteiger partial charge in [-0.05, 0) is 31.7 Å². The van der Waals surface area contributed by atoms with Crippen molar-refractivity contribution >= 4 is 28.2 Å². The summed E-state index contributed by atoms with van der Waals surface area (Å²) in [5.74, 6) is -0.406. The molecule has 2 atom stereocenters. The summed E-state index contributed by atoms with van der Waals surface area (Å²) < 4.78 is 23.0. The lowest BCUT2D eigenvalue weighted by molar-refractivity contribution is -0.119. The number of halogens is 1. The third-order valence-electron chi connectivity index (χ3n) is 3.17. The van der Waals surface area contributed by atoms with Crippen molar-refractivity contribution in [3.05, 3.63) is 0 Å². The minimum absolute atomic E-state index is 0. The molecule has 18 heavy (non-hydrogen) atoms. The Morgan fingerprint density at radius 3 is 2.61 bits per heavy atom. The molecule has 2 unspecified atom stereocenters. The van der Waals surface area contributed by atoms with Crippen molar-refractivity contribution in [3.63, 3.8) is 0 Å². The summed E-state index contributed by atoms with van der Waals surface area (Å²) in [5.41, 5.74) is 5.61. The second kappa shape index (κ2) is 7.96. The van der Waals surface area contributed by atoms with Gasteiger partial charge in [0, 0.05) is 6.04 Å². The average Bonchev–Trinajstić information content (AvgIpc) is 2.63. The summed E-state index contributed by atoms with van der Waals surface area (Å²) in [6.07, 6.45) is 3.52. The van der Waals surface area contributed by atoms with E-state index in [1.807, 2.05) is 0 Å². The molecule has 1 fully saturated rings. The third-order valence-corrected chi connectivity index (χ3v) is 4.91. The molecule has 1 aliphatic rings. The molecular weight excluding hydrogens is 276 g/mol. The summed E-state index contributed by atoms with van der Waals surface area (Å²) in [7, 11) is -3.24. The van der Waals surface area contributed by atoms with E-state index in [0.717, 1.165) is 19.3 Å². The first-order valence-corrected chi connectivity index (χ1v) is 8.00. The summed E-state index contributed by atoms with van der Waals surface area (Å²) in [5, 5.41) is 2.80. The molecule has 5 nitrogen and oxygen atoms in total. The Kier molecular flexibility index (Phi) is 7.82. The molecule has 0 saturated heterocycles. The minimum atomic E-state index is -3.24. The SMILES string of the molecule is CCCS(=O)(=O)CC(=O)NC1CCCC1CN.Cl. The van der Waals surface area contributed by atoms with Gasteiger partial charge < -0.3 is 11.1 Å². The van der Waals surface area contributed by atoms with Crippen LogP contribution in [0.4, 0.5) is 0 Å². The molecule has 1 saturated carbocycles. The number of hydrogen-bond donors (Lipinski definition) is 2. The van der Waals surface area contributed by atoms with Gasteiger partial charge in [-0.2, -0.15) is 0 Å². The van der Waals surface area contributed by atoms with Crippen LogP contribution in [0, 0.1) is 5.92 Å². The molecule has 0 aromatic heterocycles. The Morgan fingerprint density at radius 2 is 2.06 bits per heavy atom. The van der Waals surface area contributed by atoms with E-state index in [1.54, 1.807) is 6.92 Å². The number of sulfone groups is 1. The molecule has 0 radical (unpaired) electrons. The maximum Gasteiger partial charge on any atom is 0.235 e. The van der Waals surface area contributed by atoms with Gasteiger partial charge in [0.05, 0.1) is 5.75 Å². The minimum Gasteiger partial charge on any atom is -0.352 e. The van der Waals surface area contributed by atoms with E-state index >= 15 is 0 Å². The second-order valence-electron chi connectivity index (χ2n) is 4.69. The first kappa shape index (κ1) is 17.7. The average molecular weight is 299 g/mol. The normalized spacial score (nSPS) is 23.4. The number of carbonyl (C=O) groups is 1. The highest BCUT2D eigenvalue weighted by atomic mass is 35.5. The summed E-state index contributed by atoms with van der Waals surface area (Å²) in [6.45, 7) is 2.34. The molecule has 1 rings (SSSR count). The summed E-state index contributed by atoms with van der Waals surface area (Å²) in [6, 6.07) is 0.0596. The van der Waals surface area contributed by atoms with Gasteiger partial charge in [0.2, 0.25) is 5.91 Å². The van der Waals surface area contributed by atoms with Gasteiger partial charge in [0.1, 0.15) is 5.75 Å². The Balaban J connectivity index is 0.00000289. The highest BCUT2D eigenvalue weighted by molar-refractivity contribution is 7.92. The van der Waals surface area contributed by atoms with Gasteiger partial charge in [0.25, 0.3) is 0 Å². The van der Waals surface area contributed by atoms with Crippen molar-refractivity contribution < 1.29 is 13.2 Å². The maximum atomic E-state index is 11.6. The van der Waals surface area contributed by atoms with Crippen molar-refractivity contribution in [1.29, 1.82) is 0 Å². The number of nitrogens with two attached hydrogens (primary N) is 1. The largest absolute Gasteiger partial charge is 0.352 e. The molecule has 0 spiro atoms. The van der Waals surface area contributed by atoms with Crippen LogP contribution in [0.5, 0.6) is 0 Å². The molecule has 1 amide bonds. The molecule has 0 aliphatic heterocycles. The Hall–Kier alpha value is -0.330. The first-order chi connectivity index (χ1) is 7.98. The molecule has 0 aromatic rings. The third kappa shape index (κ3) is 5.54. The molecule has 7 heteroatoms. The highest BCUT2D eigenvalue weighted by Gasteiger charge is 2.28. The van der Waals surface area contributed by atoms with E-state index < -0.39 is 15.6 Å². The fourth-order valence-electron chi connectivity index (χ4n) is 2.34. The predicted octanol–water partition coefficient (Wildman–Crippen LogP) is 0.477. The van der Waals surface area contributed by atoms with Gasteiger partial charge in [-0.3, -0.25) is 4.79 Å². The lowest BCUT2D eigenvalue weighted by Crippen LogP contribution is -2.42. The zero-order valence-electron chi connectivity index (χ0n) is 10.7. The fraction of sp³-hybridized carbons (Fsp3) is 0.909. The molecular formula is C11H23ClN2O3S. The van der Waals surface area contributed by atoms with Gasteiger partial charge in [-0.25, -0.2) is 8.42 Å². The number of rotatable bonds is 6. The van der Waals surface area contributed by atoms with E-state index in [9.17, 15) is 13.2 Å². The van der Waals surface area contributed by atoms with Crippen LogP contribution in [0.15, 0.2) is 0 Å². The standard InChI is InChI=1S/C11H22N2O3S.ClH/c1-2-6-17(15,16)8-11(14)13-10-5-3-4-9(10)7-12;/h9-10H,2-8,12H2,1H3,(H,13,14);1H. The van der Waals surface area contributed by atoms with Gasteiger partial charge in [-0.1, -0.05) is 13.3 Å². The monoisotopic (exact) mass is 298 g/mol. The molecule has 0 bridgehead atoms. The van der Waals surface area contributed by atoms with Gasteiger partial charge >= 0.3 is 0 Å². The van der Waals surface area contributed by atoms with E-state index in [0.29, 0.717) is 18.9 Å².